The standard InChI is InChI=1S/C7H7N2O2/c10-7(11)5-9-6-3-1-2-4-8-6/h1,3-4H,5H2,(H,8,9)(H,10,11). The number of nitrogens with one attached hydrogen (secondary N) is 1. The molecular weight excluding hydrogens is 144 g/mol. The zero-order chi connectivity index (χ0) is 8.10. The summed E-state index contributed by atoms with van der Waals surface area (Å²) in [7, 11) is 0. The van der Waals surface area contributed by atoms with Gasteiger partial charge in [-0.15, -0.1) is 0 Å². The number of aromatic nitrogens is 1. The number of carboxylic acids is 1. The third-order valence-electron chi connectivity index (χ3n) is 1.04. The molecule has 0 spiro atoms. The zero-order valence-electron chi connectivity index (χ0n) is 5.74. The maximum absolute atomic E-state index is 10.1. The maximum Gasteiger partial charge on any atom is 0.322 e. The largest absolute Gasteiger partial charge is 0.480 e. The summed E-state index contributed by atoms with van der Waals surface area (Å²) in [6.07, 6.45) is 1.48. The lowest BCUT2D eigenvalue weighted by Crippen LogP contribution is -2.12. The third kappa shape index (κ3) is 2.66. The van der Waals surface area contributed by atoms with E-state index in [0.29, 0.717) is 5.82 Å². The van der Waals surface area contributed by atoms with E-state index in [1.54, 1.807) is 12.1 Å². The number of nitrogens with zero attached hydrogens (tertiary/aromatic N) is 1. The summed E-state index contributed by atoms with van der Waals surface area (Å²) in [6.45, 7) is -0.114. The van der Waals surface area contributed by atoms with Gasteiger partial charge in [0.2, 0.25) is 0 Å². The Morgan fingerprint density at radius 1 is 1.82 bits per heavy atom. The SMILES string of the molecule is O=C(O)CNc1cc[c]cn1. The van der Waals surface area contributed by atoms with Crippen molar-refractivity contribution in [2.24, 2.45) is 0 Å². The van der Waals surface area contributed by atoms with E-state index < -0.39 is 5.97 Å². The van der Waals surface area contributed by atoms with Gasteiger partial charge in [0.05, 0.1) is 0 Å². The summed E-state index contributed by atoms with van der Waals surface area (Å²) in [5, 5.41) is 10.9. The van der Waals surface area contributed by atoms with Crippen LogP contribution in [0.25, 0.3) is 0 Å². The predicted molar refractivity (Wildman–Crippen MR) is 39.2 cm³/mol. The van der Waals surface area contributed by atoms with E-state index in [4.69, 9.17) is 5.11 Å². The lowest BCUT2D eigenvalue weighted by Gasteiger charge is -1.99. The molecule has 0 aromatic carbocycles. The van der Waals surface area contributed by atoms with Crippen LogP contribution >= 0.6 is 0 Å². The van der Waals surface area contributed by atoms with Crippen LogP contribution in [0.15, 0.2) is 18.3 Å². The van der Waals surface area contributed by atoms with Crippen molar-refractivity contribution in [3.8, 4) is 0 Å². The first-order chi connectivity index (χ1) is 5.29. The quantitative estimate of drug-likeness (QED) is 0.655. The molecule has 4 nitrogen and oxygen atoms in total. The van der Waals surface area contributed by atoms with Crippen molar-refractivity contribution < 1.29 is 9.90 Å². The Labute approximate surface area is 63.9 Å². The van der Waals surface area contributed by atoms with Crippen LogP contribution in [0.1, 0.15) is 0 Å². The lowest BCUT2D eigenvalue weighted by atomic mass is 10.4. The molecule has 57 valence electrons. The fraction of sp³-hybridized carbons (Fsp3) is 0.143. The van der Waals surface area contributed by atoms with Gasteiger partial charge in [-0.3, -0.25) is 4.79 Å². The number of carboxylic acid groups (broad SMARTS) is 1. The van der Waals surface area contributed by atoms with E-state index >= 15 is 0 Å². The van der Waals surface area contributed by atoms with Crippen LogP contribution in [-0.2, 0) is 4.79 Å². The molecule has 1 radical (unpaired) electrons. The average molecular weight is 151 g/mol. The molecule has 0 saturated heterocycles. The Morgan fingerprint density at radius 2 is 2.64 bits per heavy atom. The number of hydrogen-bond donors (Lipinski definition) is 2. The highest BCUT2D eigenvalue weighted by Gasteiger charge is 1.95. The third-order valence-corrected chi connectivity index (χ3v) is 1.04. The predicted octanol–water partition coefficient (Wildman–Crippen LogP) is 0.378. The number of rotatable bonds is 3. The molecule has 0 aliphatic rings. The highest BCUT2D eigenvalue weighted by atomic mass is 16.4. The molecule has 1 aromatic rings. The van der Waals surface area contributed by atoms with Crippen LogP contribution in [-0.4, -0.2) is 22.6 Å². The Kier molecular flexibility index (Phi) is 2.43. The minimum absolute atomic E-state index is 0.114. The first-order valence-corrected chi connectivity index (χ1v) is 3.07. The first kappa shape index (κ1) is 7.53. The summed E-state index contributed by atoms with van der Waals surface area (Å²) in [5.74, 6) is -0.356. The molecule has 0 atom stereocenters. The molecule has 4 heteroatoms. The van der Waals surface area contributed by atoms with Gasteiger partial charge in [-0.2, -0.15) is 0 Å². The van der Waals surface area contributed by atoms with E-state index in [1.807, 2.05) is 0 Å². The first-order valence-electron chi connectivity index (χ1n) is 3.07. The molecule has 0 unspecified atom stereocenters. The van der Waals surface area contributed by atoms with Gasteiger partial charge < -0.3 is 10.4 Å². The van der Waals surface area contributed by atoms with E-state index in [0.717, 1.165) is 0 Å². The Hall–Kier alpha value is -1.58. The van der Waals surface area contributed by atoms with Crippen LogP contribution < -0.4 is 5.32 Å². The summed E-state index contributed by atoms with van der Waals surface area (Å²) in [5.41, 5.74) is 0. The van der Waals surface area contributed by atoms with Gasteiger partial charge in [0.1, 0.15) is 12.4 Å². The highest BCUT2D eigenvalue weighted by Crippen LogP contribution is 1.97. The van der Waals surface area contributed by atoms with E-state index in [-0.39, 0.29) is 6.54 Å². The van der Waals surface area contributed by atoms with Crippen LogP contribution in [0.5, 0.6) is 0 Å². The van der Waals surface area contributed by atoms with E-state index in [9.17, 15) is 4.79 Å². The van der Waals surface area contributed by atoms with Crippen LogP contribution in [0.3, 0.4) is 0 Å². The number of hydrogen-bond acceptors (Lipinski definition) is 3. The van der Waals surface area contributed by atoms with Crippen LogP contribution in [0.4, 0.5) is 5.82 Å². The molecule has 0 fully saturated rings. The average Bonchev–Trinajstić information content (AvgIpc) is 2.03. The fourth-order valence-electron chi connectivity index (χ4n) is 0.591. The topological polar surface area (TPSA) is 62.2 Å². The van der Waals surface area contributed by atoms with Crippen molar-refractivity contribution in [3.05, 3.63) is 24.4 Å². The van der Waals surface area contributed by atoms with Crippen molar-refractivity contribution >= 4 is 11.8 Å². The van der Waals surface area contributed by atoms with Crippen molar-refractivity contribution in [2.45, 2.75) is 0 Å². The molecule has 0 aliphatic heterocycles. The van der Waals surface area contributed by atoms with Gasteiger partial charge in [0, 0.05) is 12.3 Å². The van der Waals surface area contributed by atoms with Crippen molar-refractivity contribution in [1.82, 2.24) is 4.98 Å². The lowest BCUT2D eigenvalue weighted by molar-refractivity contribution is -0.134. The number of aliphatic carboxylic acids is 1. The molecule has 0 saturated carbocycles. The summed E-state index contributed by atoms with van der Waals surface area (Å²) in [6, 6.07) is 6.04. The molecule has 1 aromatic heterocycles. The molecular formula is C7H7N2O2. The van der Waals surface area contributed by atoms with Crippen molar-refractivity contribution in [2.75, 3.05) is 11.9 Å². The Morgan fingerprint density at radius 3 is 3.18 bits per heavy atom. The molecule has 1 rings (SSSR count). The normalized spacial score (nSPS) is 9.09. The smallest absolute Gasteiger partial charge is 0.322 e. The van der Waals surface area contributed by atoms with Crippen molar-refractivity contribution in [3.63, 3.8) is 0 Å². The van der Waals surface area contributed by atoms with Gasteiger partial charge in [-0.05, 0) is 12.1 Å². The number of carbonyl (C=O) groups is 1. The van der Waals surface area contributed by atoms with Gasteiger partial charge >= 0.3 is 5.97 Å². The molecule has 2 N–H and O–H groups in total. The van der Waals surface area contributed by atoms with Crippen LogP contribution in [0, 0.1) is 6.07 Å². The fourth-order valence-corrected chi connectivity index (χ4v) is 0.591. The highest BCUT2D eigenvalue weighted by molar-refractivity contribution is 5.72. The summed E-state index contributed by atoms with van der Waals surface area (Å²) >= 11 is 0. The maximum atomic E-state index is 10.1. The van der Waals surface area contributed by atoms with Gasteiger partial charge in [-0.25, -0.2) is 4.98 Å². The number of anilines is 1. The molecule has 0 bridgehead atoms. The van der Waals surface area contributed by atoms with Gasteiger partial charge in [-0.1, -0.05) is 0 Å². The summed E-state index contributed by atoms with van der Waals surface area (Å²) < 4.78 is 0. The minimum Gasteiger partial charge on any atom is -0.480 e. The molecule has 1 heterocycles. The Balaban J connectivity index is 2.45. The number of pyridine rings is 1. The van der Waals surface area contributed by atoms with Gasteiger partial charge in [0.25, 0.3) is 0 Å². The molecule has 0 aliphatic carbocycles. The van der Waals surface area contributed by atoms with Gasteiger partial charge in [0.15, 0.2) is 0 Å². The minimum atomic E-state index is -0.903. The molecule has 11 heavy (non-hydrogen) atoms. The second-order valence-corrected chi connectivity index (χ2v) is 1.89. The van der Waals surface area contributed by atoms with Crippen LogP contribution in [0.2, 0.25) is 0 Å². The van der Waals surface area contributed by atoms with E-state index in [1.165, 1.54) is 6.20 Å². The van der Waals surface area contributed by atoms with E-state index in [2.05, 4.69) is 16.4 Å². The molecule has 0 amide bonds. The monoisotopic (exact) mass is 151 g/mol. The second kappa shape index (κ2) is 3.55. The Bertz CT molecular complexity index is 235. The summed E-state index contributed by atoms with van der Waals surface area (Å²) in [4.78, 5) is 13.9. The van der Waals surface area contributed by atoms with Crippen molar-refractivity contribution in [1.29, 1.82) is 0 Å². The zero-order valence-corrected chi connectivity index (χ0v) is 5.74. The second-order valence-electron chi connectivity index (χ2n) is 1.89.